The largest absolute Gasteiger partial charge is 0.507 e. The highest BCUT2D eigenvalue weighted by molar-refractivity contribution is 9.10. The van der Waals surface area contributed by atoms with Gasteiger partial charge < -0.3 is 5.11 Å². The number of hydrogen-bond donors (Lipinski definition) is 1. The number of phenolic OH excluding ortho intramolecular Hbond substituents is 1. The fourth-order valence-electron chi connectivity index (χ4n) is 5.34. The van der Waals surface area contributed by atoms with E-state index in [1.165, 1.54) is 11.1 Å². The van der Waals surface area contributed by atoms with Crippen LogP contribution in [0.3, 0.4) is 0 Å². The van der Waals surface area contributed by atoms with E-state index in [0.717, 1.165) is 49.3 Å². The number of fused-ring (bicyclic) bond motifs is 1. The molecule has 4 heteroatoms. The van der Waals surface area contributed by atoms with Crippen molar-refractivity contribution in [2.24, 2.45) is 0 Å². The molecular formula is C37H41BrN2O. The molecule has 5 rings (SSSR count). The second kappa shape index (κ2) is 10.2. The minimum atomic E-state index is -0.251. The van der Waals surface area contributed by atoms with Crippen molar-refractivity contribution in [3.05, 3.63) is 100 Å². The minimum absolute atomic E-state index is 0.0468. The Kier molecular flexibility index (Phi) is 7.22. The van der Waals surface area contributed by atoms with Crippen LogP contribution in [0.2, 0.25) is 0 Å². The van der Waals surface area contributed by atoms with Gasteiger partial charge in [0, 0.05) is 15.6 Å². The van der Waals surface area contributed by atoms with Crippen molar-refractivity contribution in [1.82, 2.24) is 9.55 Å². The third-order valence-electron chi connectivity index (χ3n) is 7.85. The van der Waals surface area contributed by atoms with Gasteiger partial charge in [-0.3, -0.25) is 4.57 Å². The van der Waals surface area contributed by atoms with Crippen LogP contribution >= 0.6 is 15.9 Å². The van der Waals surface area contributed by atoms with Gasteiger partial charge in [-0.1, -0.05) is 117 Å². The Hall–Kier alpha value is -3.37. The fraction of sp³-hybridized carbons (Fsp3) is 0.324. The fourth-order valence-corrected chi connectivity index (χ4v) is 5.79. The normalized spacial score (nSPS) is 12.7. The number of halogens is 1. The van der Waals surface area contributed by atoms with Gasteiger partial charge in [0.25, 0.3) is 0 Å². The lowest BCUT2D eigenvalue weighted by atomic mass is 9.79. The maximum atomic E-state index is 11.9. The van der Waals surface area contributed by atoms with E-state index >= 15 is 0 Å². The van der Waals surface area contributed by atoms with E-state index in [2.05, 4.69) is 150 Å². The zero-order valence-corrected chi connectivity index (χ0v) is 27.3. The number of imidazole rings is 1. The molecule has 0 saturated heterocycles. The standard InChI is InChI=1S/C37H41BrN2O/c1-35(2,3)24-18-19-26(23-14-11-10-12-15-23)31(22-24)40-30-17-13-16-29(38)32(30)39-34(40)27-20-25(36(4,5)6)21-28(33(27)41)37(7,8)9/h10-22,41H,1-9H3. The highest BCUT2D eigenvalue weighted by atomic mass is 79.9. The Morgan fingerprint density at radius 1 is 0.659 bits per heavy atom. The van der Waals surface area contributed by atoms with Gasteiger partial charge in [0.05, 0.1) is 16.8 Å². The minimum Gasteiger partial charge on any atom is -0.507 e. The second-order valence-corrected chi connectivity index (χ2v) is 15.0. The average Bonchev–Trinajstić information content (AvgIpc) is 3.27. The molecule has 3 nitrogen and oxygen atoms in total. The molecule has 41 heavy (non-hydrogen) atoms. The van der Waals surface area contributed by atoms with Gasteiger partial charge in [-0.2, -0.15) is 0 Å². The average molecular weight is 610 g/mol. The summed E-state index contributed by atoms with van der Waals surface area (Å²) in [7, 11) is 0. The SMILES string of the molecule is CC(C)(C)c1ccc(-c2ccccc2)c(-n2c(-c3cc(C(C)(C)C)cc(C(C)(C)C)c3O)nc3c(Br)cccc32)c1. The number of benzene rings is 4. The van der Waals surface area contributed by atoms with E-state index in [1.54, 1.807) is 0 Å². The first-order chi connectivity index (χ1) is 19.1. The van der Waals surface area contributed by atoms with E-state index in [9.17, 15) is 5.11 Å². The van der Waals surface area contributed by atoms with Crippen molar-refractivity contribution >= 4 is 27.0 Å². The molecule has 0 spiro atoms. The predicted octanol–water partition coefficient (Wildman–Crippen LogP) is 10.7. The number of phenols is 1. The van der Waals surface area contributed by atoms with Crippen molar-refractivity contribution in [2.45, 2.75) is 78.6 Å². The summed E-state index contributed by atoms with van der Waals surface area (Å²) >= 11 is 3.77. The third-order valence-corrected chi connectivity index (χ3v) is 8.49. The Morgan fingerprint density at radius 3 is 1.93 bits per heavy atom. The third kappa shape index (κ3) is 5.47. The summed E-state index contributed by atoms with van der Waals surface area (Å²) in [6, 6.07) is 27.8. The number of hydrogen-bond acceptors (Lipinski definition) is 2. The van der Waals surface area contributed by atoms with Gasteiger partial charge in [-0.15, -0.1) is 0 Å². The van der Waals surface area contributed by atoms with E-state index in [1.807, 2.05) is 12.1 Å². The van der Waals surface area contributed by atoms with Crippen molar-refractivity contribution < 1.29 is 5.11 Å². The Bertz CT molecular complexity index is 1740. The highest BCUT2D eigenvalue weighted by Crippen LogP contribution is 2.45. The van der Waals surface area contributed by atoms with Crippen LogP contribution in [-0.4, -0.2) is 14.7 Å². The number of aromatic nitrogens is 2. The summed E-state index contributed by atoms with van der Waals surface area (Å²) in [5, 5.41) is 11.9. The van der Waals surface area contributed by atoms with Gasteiger partial charge in [-0.05, 0) is 73.1 Å². The molecule has 212 valence electrons. The molecule has 0 aliphatic rings. The molecule has 0 saturated carbocycles. The van der Waals surface area contributed by atoms with Gasteiger partial charge >= 0.3 is 0 Å². The van der Waals surface area contributed by atoms with E-state index in [-0.39, 0.29) is 22.0 Å². The maximum absolute atomic E-state index is 11.9. The second-order valence-electron chi connectivity index (χ2n) is 14.1. The summed E-state index contributed by atoms with van der Waals surface area (Å²) < 4.78 is 3.16. The molecule has 0 fully saturated rings. The summed E-state index contributed by atoms with van der Waals surface area (Å²) in [6.07, 6.45) is 0. The molecular weight excluding hydrogens is 568 g/mol. The van der Waals surface area contributed by atoms with Gasteiger partial charge in [0.1, 0.15) is 17.1 Å². The quantitative estimate of drug-likeness (QED) is 0.221. The van der Waals surface area contributed by atoms with Crippen LogP contribution in [0, 0.1) is 0 Å². The summed E-state index contributed by atoms with van der Waals surface area (Å²) in [6.45, 7) is 19.8. The molecule has 0 radical (unpaired) electrons. The van der Waals surface area contributed by atoms with Crippen molar-refractivity contribution in [3.8, 4) is 34.0 Å². The first-order valence-electron chi connectivity index (χ1n) is 14.3. The van der Waals surface area contributed by atoms with Gasteiger partial charge in [-0.25, -0.2) is 4.98 Å². The molecule has 0 atom stereocenters. The van der Waals surface area contributed by atoms with Crippen LogP contribution in [0.15, 0.2) is 83.3 Å². The van der Waals surface area contributed by atoms with Gasteiger partial charge in [0.15, 0.2) is 0 Å². The Balaban J connectivity index is 1.97. The molecule has 0 aliphatic heterocycles. The number of para-hydroxylation sites is 1. The number of nitrogens with zero attached hydrogens (tertiary/aromatic N) is 2. The zero-order chi connectivity index (χ0) is 29.9. The van der Waals surface area contributed by atoms with Crippen LogP contribution in [0.1, 0.15) is 79.0 Å². The lowest BCUT2D eigenvalue weighted by Gasteiger charge is -2.28. The lowest BCUT2D eigenvalue weighted by Crippen LogP contribution is -2.17. The van der Waals surface area contributed by atoms with E-state index in [0.29, 0.717) is 0 Å². The summed E-state index contributed by atoms with van der Waals surface area (Å²) in [5.74, 6) is 1.01. The summed E-state index contributed by atoms with van der Waals surface area (Å²) in [5.41, 5.74) is 8.78. The van der Waals surface area contributed by atoms with Crippen molar-refractivity contribution in [3.63, 3.8) is 0 Å². The first kappa shape index (κ1) is 29.1. The first-order valence-corrected chi connectivity index (χ1v) is 15.1. The van der Waals surface area contributed by atoms with Crippen LogP contribution in [0.25, 0.3) is 39.2 Å². The smallest absolute Gasteiger partial charge is 0.149 e. The molecule has 0 aliphatic carbocycles. The number of rotatable bonds is 3. The molecule has 0 bridgehead atoms. The van der Waals surface area contributed by atoms with Crippen LogP contribution < -0.4 is 0 Å². The van der Waals surface area contributed by atoms with Crippen LogP contribution in [0.5, 0.6) is 5.75 Å². The van der Waals surface area contributed by atoms with Crippen LogP contribution in [0.4, 0.5) is 0 Å². The monoisotopic (exact) mass is 608 g/mol. The molecule has 0 unspecified atom stereocenters. The van der Waals surface area contributed by atoms with E-state index < -0.39 is 0 Å². The predicted molar refractivity (Wildman–Crippen MR) is 177 cm³/mol. The molecule has 1 N–H and O–H groups in total. The molecule has 5 aromatic rings. The number of aromatic hydroxyl groups is 1. The lowest BCUT2D eigenvalue weighted by molar-refractivity contribution is 0.446. The van der Waals surface area contributed by atoms with Gasteiger partial charge in [0.2, 0.25) is 0 Å². The molecule has 0 amide bonds. The molecule has 1 heterocycles. The highest BCUT2D eigenvalue weighted by Gasteiger charge is 2.29. The maximum Gasteiger partial charge on any atom is 0.149 e. The van der Waals surface area contributed by atoms with Crippen LogP contribution in [-0.2, 0) is 16.2 Å². The topological polar surface area (TPSA) is 38.0 Å². The molecule has 4 aromatic carbocycles. The van der Waals surface area contributed by atoms with Crippen molar-refractivity contribution in [2.75, 3.05) is 0 Å². The Labute approximate surface area is 253 Å². The zero-order valence-electron chi connectivity index (χ0n) is 25.7. The van der Waals surface area contributed by atoms with Crippen molar-refractivity contribution in [1.29, 1.82) is 0 Å². The molecule has 1 aromatic heterocycles. The summed E-state index contributed by atoms with van der Waals surface area (Å²) in [4.78, 5) is 5.25. The van der Waals surface area contributed by atoms with E-state index in [4.69, 9.17) is 4.98 Å². The Morgan fingerprint density at radius 2 is 1.32 bits per heavy atom.